The highest BCUT2D eigenvalue weighted by Gasteiger charge is 2.15. The van der Waals surface area contributed by atoms with Crippen LogP contribution in [0.3, 0.4) is 0 Å². The van der Waals surface area contributed by atoms with Crippen molar-refractivity contribution in [3.05, 3.63) is 54.1 Å². The fourth-order valence-corrected chi connectivity index (χ4v) is 2.36. The maximum absolute atomic E-state index is 13.2. The molecule has 2 heterocycles. The van der Waals surface area contributed by atoms with Gasteiger partial charge in [0.1, 0.15) is 5.82 Å². The van der Waals surface area contributed by atoms with Gasteiger partial charge in [0.2, 0.25) is 0 Å². The minimum atomic E-state index is -1.05. The quantitative estimate of drug-likeness (QED) is 0.712. The molecule has 0 aliphatic carbocycles. The molecule has 3 rings (SSSR count). The lowest BCUT2D eigenvalue weighted by Crippen LogP contribution is -1.94. The largest absolute Gasteiger partial charge is 0.478 e. The molecule has 1 N–H and O–H groups in total. The third kappa shape index (κ3) is 2.04. The van der Waals surface area contributed by atoms with E-state index in [0.717, 1.165) is 0 Å². The lowest BCUT2D eigenvalue weighted by atomic mass is 10.1. The summed E-state index contributed by atoms with van der Waals surface area (Å²) in [6, 6.07) is 7.73. The molecule has 2 aromatic heterocycles. The van der Waals surface area contributed by atoms with Crippen LogP contribution in [-0.2, 0) is 0 Å². The molecule has 0 amide bonds. The van der Waals surface area contributed by atoms with Gasteiger partial charge in [0.15, 0.2) is 5.65 Å². The molecule has 100 valence electrons. The van der Waals surface area contributed by atoms with E-state index in [0.29, 0.717) is 22.2 Å². The van der Waals surface area contributed by atoms with E-state index in [1.54, 1.807) is 24.4 Å². The third-order valence-corrected chi connectivity index (χ3v) is 3.32. The number of aromatic nitrogens is 2. The SMILES string of the molecule is O=C(O)c1cn(S)c2ncc(-c3cccc(F)c3)cc12. The summed E-state index contributed by atoms with van der Waals surface area (Å²) in [6.45, 7) is 0. The second-order valence-electron chi connectivity index (χ2n) is 4.30. The van der Waals surface area contributed by atoms with Gasteiger partial charge < -0.3 is 5.11 Å². The first-order chi connectivity index (χ1) is 9.56. The molecule has 0 atom stereocenters. The lowest BCUT2D eigenvalue weighted by molar-refractivity contribution is 0.0699. The maximum Gasteiger partial charge on any atom is 0.337 e. The smallest absolute Gasteiger partial charge is 0.337 e. The first-order valence-corrected chi connectivity index (χ1v) is 6.16. The zero-order valence-corrected chi connectivity index (χ0v) is 11.0. The number of hydrogen-bond acceptors (Lipinski definition) is 3. The second-order valence-corrected chi connectivity index (χ2v) is 4.73. The van der Waals surface area contributed by atoms with Gasteiger partial charge in [-0.3, -0.25) is 3.97 Å². The first-order valence-electron chi connectivity index (χ1n) is 5.76. The zero-order valence-electron chi connectivity index (χ0n) is 10.1. The molecule has 0 aliphatic heterocycles. The summed E-state index contributed by atoms with van der Waals surface area (Å²) in [4.78, 5) is 15.4. The van der Waals surface area contributed by atoms with E-state index in [4.69, 9.17) is 5.11 Å². The minimum Gasteiger partial charge on any atom is -0.478 e. The highest BCUT2D eigenvalue weighted by atomic mass is 32.1. The molecule has 6 heteroatoms. The van der Waals surface area contributed by atoms with Crippen molar-refractivity contribution in [3.8, 4) is 11.1 Å². The van der Waals surface area contributed by atoms with Crippen LogP contribution in [0.15, 0.2) is 42.7 Å². The van der Waals surface area contributed by atoms with E-state index < -0.39 is 5.97 Å². The number of pyridine rings is 1. The normalized spacial score (nSPS) is 10.9. The number of carboxylic acids is 1. The fraction of sp³-hybridized carbons (Fsp3) is 0. The van der Waals surface area contributed by atoms with Gasteiger partial charge in [-0.15, -0.1) is 0 Å². The Bertz CT molecular complexity index is 829. The van der Waals surface area contributed by atoms with Crippen LogP contribution in [0, 0.1) is 5.82 Å². The molecule has 0 saturated heterocycles. The molecule has 4 nitrogen and oxygen atoms in total. The minimum absolute atomic E-state index is 0.112. The predicted octanol–water partition coefficient (Wildman–Crippen LogP) is 3.23. The van der Waals surface area contributed by atoms with Crippen molar-refractivity contribution in [2.24, 2.45) is 0 Å². The Balaban J connectivity index is 2.24. The van der Waals surface area contributed by atoms with E-state index in [-0.39, 0.29) is 11.4 Å². The van der Waals surface area contributed by atoms with Crippen molar-refractivity contribution >= 4 is 29.8 Å². The van der Waals surface area contributed by atoms with Crippen LogP contribution in [0.2, 0.25) is 0 Å². The molecule has 0 aliphatic rings. The number of carbonyl (C=O) groups is 1. The molecule has 0 fully saturated rings. The highest BCUT2D eigenvalue weighted by molar-refractivity contribution is 7.78. The van der Waals surface area contributed by atoms with Gasteiger partial charge in [0.05, 0.1) is 5.56 Å². The van der Waals surface area contributed by atoms with Crippen molar-refractivity contribution < 1.29 is 14.3 Å². The van der Waals surface area contributed by atoms with E-state index in [1.165, 1.54) is 22.3 Å². The van der Waals surface area contributed by atoms with Crippen molar-refractivity contribution in [1.82, 2.24) is 8.96 Å². The maximum atomic E-state index is 13.2. The summed E-state index contributed by atoms with van der Waals surface area (Å²) in [5.74, 6) is -1.41. The summed E-state index contributed by atoms with van der Waals surface area (Å²) < 4.78 is 14.6. The number of rotatable bonds is 2. The molecule has 0 spiro atoms. The van der Waals surface area contributed by atoms with Crippen LogP contribution in [0.1, 0.15) is 10.4 Å². The molecular formula is C14H9FN2O2S. The number of carboxylic acid groups (broad SMARTS) is 1. The summed E-state index contributed by atoms with van der Waals surface area (Å²) in [6.07, 6.45) is 2.95. The van der Waals surface area contributed by atoms with Gasteiger partial charge in [-0.05, 0) is 23.8 Å². The van der Waals surface area contributed by atoms with Gasteiger partial charge in [-0.25, -0.2) is 14.2 Å². The molecule has 1 aromatic carbocycles. The molecular weight excluding hydrogens is 279 g/mol. The number of benzene rings is 1. The van der Waals surface area contributed by atoms with Crippen molar-refractivity contribution in [2.45, 2.75) is 0 Å². The van der Waals surface area contributed by atoms with Crippen LogP contribution in [0.4, 0.5) is 4.39 Å². The van der Waals surface area contributed by atoms with Crippen LogP contribution >= 0.6 is 12.8 Å². The van der Waals surface area contributed by atoms with Gasteiger partial charge in [-0.1, -0.05) is 24.9 Å². The molecule has 0 bridgehead atoms. The van der Waals surface area contributed by atoms with Crippen molar-refractivity contribution in [3.63, 3.8) is 0 Å². The number of fused-ring (bicyclic) bond motifs is 1. The summed E-state index contributed by atoms with van der Waals surface area (Å²) in [5, 5.41) is 9.63. The Morgan fingerprint density at radius 1 is 1.30 bits per heavy atom. The van der Waals surface area contributed by atoms with Crippen LogP contribution < -0.4 is 0 Å². The van der Waals surface area contributed by atoms with Crippen LogP contribution in [-0.4, -0.2) is 20.0 Å². The molecule has 0 radical (unpaired) electrons. The Morgan fingerprint density at radius 3 is 2.80 bits per heavy atom. The third-order valence-electron chi connectivity index (χ3n) is 3.01. The van der Waals surface area contributed by atoms with E-state index in [9.17, 15) is 9.18 Å². The Labute approximate surface area is 119 Å². The topological polar surface area (TPSA) is 55.1 Å². The van der Waals surface area contributed by atoms with Crippen molar-refractivity contribution in [1.29, 1.82) is 0 Å². The standard InChI is InChI=1S/C14H9FN2O2S/c15-10-3-1-2-8(4-10)9-5-11-12(14(18)19)7-17(20)13(11)16-6-9/h1-7,20H,(H,18,19). The fourth-order valence-electron chi connectivity index (χ4n) is 2.09. The van der Waals surface area contributed by atoms with E-state index in [2.05, 4.69) is 17.8 Å². The van der Waals surface area contributed by atoms with Crippen molar-refractivity contribution in [2.75, 3.05) is 0 Å². The van der Waals surface area contributed by atoms with Crippen LogP contribution in [0.25, 0.3) is 22.2 Å². The lowest BCUT2D eigenvalue weighted by Gasteiger charge is -2.02. The first kappa shape index (κ1) is 12.7. The second kappa shape index (κ2) is 4.64. The summed E-state index contributed by atoms with van der Waals surface area (Å²) >= 11 is 4.13. The average molecular weight is 288 g/mol. The van der Waals surface area contributed by atoms with Gasteiger partial charge in [0.25, 0.3) is 0 Å². The predicted molar refractivity (Wildman–Crippen MR) is 76.5 cm³/mol. The number of hydrogen-bond donors (Lipinski definition) is 2. The summed E-state index contributed by atoms with van der Waals surface area (Å²) in [5.41, 5.74) is 1.85. The molecule has 3 aromatic rings. The molecule has 0 unspecified atom stereocenters. The van der Waals surface area contributed by atoms with Gasteiger partial charge in [0, 0.05) is 23.3 Å². The van der Waals surface area contributed by atoms with E-state index in [1.807, 2.05) is 0 Å². The number of halogens is 1. The highest BCUT2D eigenvalue weighted by Crippen LogP contribution is 2.27. The number of thiol groups is 1. The van der Waals surface area contributed by atoms with E-state index >= 15 is 0 Å². The Hall–Kier alpha value is -2.34. The number of nitrogens with zero attached hydrogens (tertiary/aromatic N) is 2. The number of aromatic carboxylic acids is 1. The monoisotopic (exact) mass is 288 g/mol. The molecule has 0 saturated carbocycles. The summed E-state index contributed by atoms with van der Waals surface area (Å²) in [7, 11) is 0. The van der Waals surface area contributed by atoms with Crippen LogP contribution in [0.5, 0.6) is 0 Å². The molecule has 20 heavy (non-hydrogen) atoms. The Morgan fingerprint density at radius 2 is 2.10 bits per heavy atom. The van der Waals surface area contributed by atoms with Gasteiger partial charge >= 0.3 is 5.97 Å². The van der Waals surface area contributed by atoms with Gasteiger partial charge in [-0.2, -0.15) is 0 Å². The average Bonchev–Trinajstić information content (AvgIpc) is 2.76. The zero-order chi connectivity index (χ0) is 14.3. The Kier molecular flexibility index (Phi) is 2.94.